The van der Waals surface area contributed by atoms with Crippen LogP contribution in [0.4, 0.5) is 0 Å². The third-order valence-corrected chi connectivity index (χ3v) is 5.05. The molecule has 1 fully saturated rings. The highest BCUT2D eigenvalue weighted by Crippen LogP contribution is 2.16. The van der Waals surface area contributed by atoms with Gasteiger partial charge in [-0.15, -0.1) is 0 Å². The van der Waals surface area contributed by atoms with Crippen molar-refractivity contribution in [2.75, 3.05) is 20.2 Å². The smallest absolute Gasteiger partial charge is 0.244 e. The first-order valence-electron chi connectivity index (χ1n) is 9.22. The van der Waals surface area contributed by atoms with Gasteiger partial charge >= 0.3 is 0 Å². The van der Waals surface area contributed by atoms with Crippen LogP contribution in [-0.2, 0) is 11.3 Å². The van der Waals surface area contributed by atoms with E-state index in [9.17, 15) is 4.79 Å². The quantitative estimate of drug-likeness (QED) is 0.761. The second kappa shape index (κ2) is 9.58. The van der Waals surface area contributed by atoms with Gasteiger partial charge in [-0.25, -0.2) is 0 Å². The molecule has 27 heavy (non-hydrogen) atoms. The van der Waals surface area contributed by atoms with Gasteiger partial charge in [0, 0.05) is 36.8 Å². The van der Waals surface area contributed by atoms with Crippen LogP contribution in [0.25, 0.3) is 6.08 Å². The van der Waals surface area contributed by atoms with E-state index in [1.54, 1.807) is 13.2 Å². The number of likely N-dealkylation sites (tertiary alicyclic amines) is 1. The van der Waals surface area contributed by atoms with Crippen LogP contribution >= 0.6 is 11.6 Å². The Hall–Kier alpha value is -2.30. The van der Waals surface area contributed by atoms with Crippen molar-refractivity contribution in [2.45, 2.75) is 25.4 Å². The predicted octanol–water partition coefficient (Wildman–Crippen LogP) is 4.14. The number of amides is 1. The van der Waals surface area contributed by atoms with Crippen LogP contribution in [0.3, 0.4) is 0 Å². The number of carbonyl (C=O) groups excluding carboxylic acids is 1. The lowest BCUT2D eigenvalue weighted by Gasteiger charge is -2.32. The normalized spacial score (nSPS) is 15.8. The molecule has 1 amide bonds. The van der Waals surface area contributed by atoms with E-state index in [1.165, 1.54) is 5.56 Å². The Bertz CT molecular complexity index is 764. The molecule has 0 spiro atoms. The Labute approximate surface area is 165 Å². The molecule has 0 bridgehead atoms. The van der Waals surface area contributed by atoms with Gasteiger partial charge in [0.2, 0.25) is 5.91 Å². The molecule has 3 rings (SSSR count). The number of rotatable bonds is 6. The van der Waals surface area contributed by atoms with Crippen LogP contribution in [0, 0.1) is 0 Å². The van der Waals surface area contributed by atoms with Crippen LogP contribution in [0.2, 0.25) is 5.02 Å². The fourth-order valence-corrected chi connectivity index (χ4v) is 3.35. The average Bonchev–Trinajstić information content (AvgIpc) is 2.70. The zero-order chi connectivity index (χ0) is 19.1. The summed E-state index contributed by atoms with van der Waals surface area (Å²) < 4.78 is 5.13. The predicted molar refractivity (Wildman–Crippen MR) is 110 cm³/mol. The molecule has 0 saturated carbocycles. The van der Waals surface area contributed by atoms with Crippen molar-refractivity contribution in [3.8, 4) is 5.75 Å². The number of benzene rings is 2. The molecule has 5 heteroatoms. The Morgan fingerprint density at radius 3 is 2.44 bits per heavy atom. The van der Waals surface area contributed by atoms with Crippen LogP contribution in [-0.4, -0.2) is 37.0 Å². The molecule has 1 N–H and O–H groups in total. The number of nitrogens with one attached hydrogen (secondary N) is 1. The number of piperidine rings is 1. The van der Waals surface area contributed by atoms with Gasteiger partial charge in [0.1, 0.15) is 5.75 Å². The molecule has 0 unspecified atom stereocenters. The monoisotopic (exact) mass is 384 g/mol. The molecule has 1 heterocycles. The van der Waals surface area contributed by atoms with Crippen molar-refractivity contribution in [1.29, 1.82) is 0 Å². The Kier molecular flexibility index (Phi) is 6.91. The van der Waals surface area contributed by atoms with Gasteiger partial charge in [-0.3, -0.25) is 9.69 Å². The first-order chi connectivity index (χ1) is 13.1. The summed E-state index contributed by atoms with van der Waals surface area (Å²) >= 11 is 5.94. The Morgan fingerprint density at radius 1 is 1.15 bits per heavy atom. The van der Waals surface area contributed by atoms with E-state index in [1.807, 2.05) is 42.5 Å². The third-order valence-electron chi connectivity index (χ3n) is 4.80. The molecule has 2 aromatic carbocycles. The molecule has 1 aliphatic rings. The van der Waals surface area contributed by atoms with Crippen molar-refractivity contribution in [2.24, 2.45) is 0 Å². The largest absolute Gasteiger partial charge is 0.497 e. The summed E-state index contributed by atoms with van der Waals surface area (Å²) in [5.41, 5.74) is 2.24. The minimum Gasteiger partial charge on any atom is -0.497 e. The van der Waals surface area contributed by atoms with Crippen molar-refractivity contribution >= 4 is 23.6 Å². The molecular formula is C22H25ClN2O2. The topological polar surface area (TPSA) is 41.6 Å². The van der Waals surface area contributed by atoms with E-state index in [0.717, 1.165) is 48.8 Å². The standard InChI is InChI=1S/C22H25ClN2O2/c1-27-21-9-4-17(5-10-21)6-11-22(26)24-20-12-14-25(15-13-20)16-18-2-7-19(23)8-3-18/h2-11,20H,12-16H2,1H3,(H,24,26)/b11-6+. The lowest BCUT2D eigenvalue weighted by Crippen LogP contribution is -2.43. The number of halogens is 1. The summed E-state index contributed by atoms with van der Waals surface area (Å²) in [6.07, 6.45) is 5.36. The molecule has 142 valence electrons. The van der Waals surface area contributed by atoms with Gasteiger partial charge < -0.3 is 10.1 Å². The summed E-state index contributed by atoms with van der Waals surface area (Å²) in [4.78, 5) is 14.6. The zero-order valence-corrected chi connectivity index (χ0v) is 16.3. The second-order valence-corrected chi connectivity index (χ2v) is 7.23. The molecule has 4 nitrogen and oxygen atoms in total. The summed E-state index contributed by atoms with van der Waals surface area (Å²) in [5, 5.41) is 3.88. The summed E-state index contributed by atoms with van der Waals surface area (Å²) in [6.45, 7) is 2.89. The minimum atomic E-state index is -0.0398. The fraction of sp³-hybridized carbons (Fsp3) is 0.318. The van der Waals surface area contributed by atoms with Crippen molar-refractivity contribution < 1.29 is 9.53 Å². The van der Waals surface area contributed by atoms with Gasteiger partial charge in [-0.05, 0) is 54.3 Å². The van der Waals surface area contributed by atoms with Gasteiger partial charge in [0.15, 0.2) is 0 Å². The number of ether oxygens (including phenoxy) is 1. The summed E-state index contributed by atoms with van der Waals surface area (Å²) in [6, 6.07) is 15.9. The van der Waals surface area contributed by atoms with Gasteiger partial charge in [-0.2, -0.15) is 0 Å². The number of carbonyl (C=O) groups is 1. The van der Waals surface area contributed by atoms with Gasteiger partial charge in [0.05, 0.1) is 7.11 Å². The Morgan fingerprint density at radius 2 is 1.81 bits per heavy atom. The lowest BCUT2D eigenvalue weighted by atomic mass is 10.0. The molecule has 0 radical (unpaired) electrons. The summed E-state index contributed by atoms with van der Waals surface area (Å²) in [7, 11) is 1.64. The average molecular weight is 385 g/mol. The Balaban J connectivity index is 1.42. The van der Waals surface area contributed by atoms with E-state index in [2.05, 4.69) is 22.3 Å². The van der Waals surface area contributed by atoms with E-state index >= 15 is 0 Å². The molecular weight excluding hydrogens is 360 g/mol. The lowest BCUT2D eigenvalue weighted by molar-refractivity contribution is -0.117. The van der Waals surface area contributed by atoms with E-state index in [0.29, 0.717) is 0 Å². The fourth-order valence-electron chi connectivity index (χ4n) is 3.22. The highest BCUT2D eigenvalue weighted by atomic mass is 35.5. The van der Waals surface area contributed by atoms with Crippen LogP contribution in [0.15, 0.2) is 54.6 Å². The maximum Gasteiger partial charge on any atom is 0.244 e. The first-order valence-corrected chi connectivity index (χ1v) is 9.59. The number of hydrogen-bond donors (Lipinski definition) is 1. The van der Waals surface area contributed by atoms with Crippen molar-refractivity contribution in [3.63, 3.8) is 0 Å². The first kappa shape index (κ1) is 19.5. The summed E-state index contributed by atoms with van der Waals surface area (Å²) in [5.74, 6) is 0.768. The SMILES string of the molecule is COc1ccc(/C=C/C(=O)NC2CCN(Cc3ccc(Cl)cc3)CC2)cc1. The molecule has 0 aliphatic carbocycles. The van der Waals surface area contributed by atoms with E-state index in [4.69, 9.17) is 16.3 Å². The molecule has 0 atom stereocenters. The third kappa shape index (κ3) is 6.12. The minimum absolute atomic E-state index is 0.0398. The molecule has 0 aromatic heterocycles. The maximum atomic E-state index is 12.2. The number of nitrogens with zero attached hydrogens (tertiary/aromatic N) is 1. The van der Waals surface area contributed by atoms with Crippen LogP contribution in [0.5, 0.6) is 5.75 Å². The zero-order valence-electron chi connectivity index (χ0n) is 15.5. The van der Waals surface area contributed by atoms with Crippen molar-refractivity contribution in [3.05, 3.63) is 70.8 Å². The number of methoxy groups -OCH3 is 1. The van der Waals surface area contributed by atoms with E-state index < -0.39 is 0 Å². The highest BCUT2D eigenvalue weighted by molar-refractivity contribution is 6.30. The molecule has 2 aromatic rings. The highest BCUT2D eigenvalue weighted by Gasteiger charge is 2.20. The van der Waals surface area contributed by atoms with Gasteiger partial charge in [-0.1, -0.05) is 35.9 Å². The van der Waals surface area contributed by atoms with Gasteiger partial charge in [0.25, 0.3) is 0 Å². The number of hydrogen-bond acceptors (Lipinski definition) is 3. The second-order valence-electron chi connectivity index (χ2n) is 6.79. The van der Waals surface area contributed by atoms with Crippen molar-refractivity contribution in [1.82, 2.24) is 10.2 Å². The maximum absolute atomic E-state index is 12.2. The van der Waals surface area contributed by atoms with Crippen LogP contribution in [0.1, 0.15) is 24.0 Å². The molecule has 1 saturated heterocycles. The van der Waals surface area contributed by atoms with E-state index in [-0.39, 0.29) is 11.9 Å². The van der Waals surface area contributed by atoms with Crippen LogP contribution < -0.4 is 10.1 Å². The molecule has 1 aliphatic heterocycles.